The first kappa shape index (κ1) is 17.5. The minimum Gasteiger partial charge on any atom is -0.225 e. The molecule has 1 unspecified atom stereocenters. The van der Waals surface area contributed by atoms with Gasteiger partial charge in [0.05, 0.1) is 4.90 Å². The van der Waals surface area contributed by atoms with Crippen LogP contribution in [0.1, 0.15) is 41.7 Å². The van der Waals surface area contributed by atoms with Crippen molar-refractivity contribution >= 4 is 22.7 Å². The number of primary sulfonamides is 1. The van der Waals surface area contributed by atoms with Gasteiger partial charge in [-0.15, -0.1) is 0 Å². The topological polar surface area (TPSA) is 60.2 Å². The molecule has 2 N–H and O–H groups in total. The van der Waals surface area contributed by atoms with E-state index in [9.17, 15) is 8.42 Å². The van der Waals surface area contributed by atoms with Crippen LogP contribution in [0.5, 0.6) is 0 Å². The van der Waals surface area contributed by atoms with Gasteiger partial charge in [0.1, 0.15) is 0 Å². The fraction of sp³-hybridized carbons (Fsp3) is 0.368. The van der Waals surface area contributed by atoms with Crippen LogP contribution >= 0.6 is 12.6 Å². The normalized spacial score (nSPS) is 23.7. The second-order valence-corrected chi connectivity index (χ2v) is 9.41. The molecule has 5 heteroatoms. The average Bonchev–Trinajstić information content (AvgIpc) is 3.09. The third-order valence-corrected chi connectivity index (χ3v) is 6.79. The highest BCUT2D eigenvalue weighted by Gasteiger charge is 2.60. The Morgan fingerprint density at radius 2 is 1.58 bits per heavy atom. The molecule has 0 heterocycles. The van der Waals surface area contributed by atoms with Crippen LogP contribution in [-0.2, 0) is 10.0 Å². The molecule has 3 atom stereocenters. The molecular formula is C19H23NO2S2. The largest absolute Gasteiger partial charge is 0.238 e. The number of aryl methyl sites for hydroxylation is 1. The maximum atomic E-state index is 11.4. The lowest BCUT2D eigenvalue weighted by molar-refractivity contribution is 0.548. The summed E-state index contributed by atoms with van der Waals surface area (Å²) >= 11 is 4.88. The van der Waals surface area contributed by atoms with Crippen LogP contribution in [0.25, 0.3) is 0 Å². The smallest absolute Gasteiger partial charge is 0.225 e. The van der Waals surface area contributed by atoms with Crippen molar-refractivity contribution in [3.63, 3.8) is 0 Å². The fourth-order valence-electron chi connectivity index (χ4n) is 3.74. The quantitative estimate of drug-likeness (QED) is 0.807. The number of benzene rings is 2. The summed E-state index contributed by atoms with van der Waals surface area (Å²) in [6.45, 7) is 6.56. The average molecular weight is 362 g/mol. The molecule has 3 nitrogen and oxygen atoms in total. The van der Waals surface area contributed by atoms with Gasteiger partial charge in [-0.1, -0.05) is 55.8 Å². The molecule has 0 saturated heterocycles. The van der Waals surface area contributed by atoms with E-state index in [1.54, 1.807) is 12.1 Å². The van der Waals surface area contributed by atoms with E-state index in [2.05, 4.69) is 45.0 Å². The SMILES string of the molecule is Cc1ccc(C(S)[C@@H]2[C@@H](c3ccc(S(N)(=O)=O)cc3)C2(C)C)cc1. The van der Waals surface area contributed by atoms with E-state index in [1.807, 2.05) is 12.1 Å². The van der Waals surface area contributed by atoms with Crippen molar-refractivity contribution in [3.8, 4) is 0 Å². The summed E-state index contributed by atoms with van der Waals surface area (Å²) in [6, 6.07) is 15.5. The van der Waals surface area contributed by atoms with E-state index in [0.717, 1.165) is 5.56 Å². The summed E-state index contributed by atoms with van der Waals surface area (Å²) in [5.74, 6) is 0.764. The van der Waals surface area contributed by atoms with Crippen molar-refractivity contribution in [1.82, 2.24) is 0 Å². The van der Waals surface area contributed by atoms with Gasteiger partial charge in [0.15, 0.2) is 0 Å². The van der Waals surface area contributed by atoms with Gasteiger partial charge in [-0.25, -0.2) is 13.6 Å². The molecule has 24 heavy (non-hydrogen) atoms. The molecule has 0 amide bonds. The second-order valence-electron chi connectivity index (χ2n) is 7.29. The predicted molar refractivity (Wildman–Crippen MR) is 101 cm³/mol. The van der Waals surface area contributed by atoms with Crippen molar-refractivity contribution in [3.05, 3.63) is 65.2 Å². The molecule has 0 spiro atoms. The van der Waals surface area contributed by atoms with Crippen LogP contribution in [0, 0.1) is 18.3 Å². The second kappa shape index (κ2) is 5.90. The molecule has 128 valence electrons. The summed E-state index contributed by atoms with van der Waals surface area (Å²) in [4.78, 5) is 0.155. The minimum absolute atomic E-state index is 0.125. The highest BCUT2D eigenvalue weighted by atomic mass is 32.2. The molecule has 0 radical (unpaired) electrons. The zero-order valence-electron chi connectivity index (χ0n) is 14.1. The van der Waals surface area contributed by atoms with Crippen molar-refractivity contribution in [2.45, 2.75) is 36.8 Å². The van der Waals surface area contributed by atoms with Gasteiger partial charge in [-0.05, 0) is 47.4 Å². The standard InChI is InChI=1S/C19H23NO2S2/c1-12-4-6-14(7-5-12)18(23)17-16(19(17,2)3)13-8-10-15(11-9-13)24(20,21)22/h4-11,16-18,23H,1-3H3,(H2,20,21,22)/t16-,17+,18?/m1/s1. The third kappa shape index (κ3) is 3.13. The van der Waals surface area contributed by atoms with Crippen LogP contribution in [0.2, 0.25) is 0 Å². The lowest BCUT2D eigenvalue weighted by atomic mass is 10.0. The van der Waals surface area contributed by atoms with Gasteiger partial charge in [0.2, 0.25) is 10.0 Å². The summed E-state index contributed by atoms with van der Waals surface area (Å²) in [6.07, 6.45) is 0. The van der Waals surface area contributed by atoms with Crippen LogP contribution in [-0.4, -0.2) is 8.42 Å². The Balaban J connectivity index is 1.85. The molecular weight excluding hydrogens is 338 g/mol. The van der Waals surface area contributed by atoms with Crippen molar-refractivity contribution < 1.29 is 8.42 Å². The first-order chi connectivity index (χ1) is 11.1. The van der Waals surface area contributed by atoms with Gasteiger partial charge in [-0.2, -0.15) is 12.6 Å². The number of rotatable bonds is 4. The Kier molecular flexibility index (Phi) is 4.31. The molecule has 1 aliphatic rings. The van der Waals surface area contributed by atoms with E-state index >= 15 is 0 Å². The fourth-order valence-corrected chi connectivity index (χ4v) is 4.98. The predicted octanol–water partition coefficient (Wildman–Crippen LogP) is 4.05. The zero-order chi connectivity index (χ0) is 17.7. The Labute approximate surface area is 149 Å². The maximum Gasteiger partial charge on any atom is 0.238 e. The Morgan fingerprint density at radius 1 is 1.04 bits per heavy atom. The maximum absolute atomic E-state index is 11.4. The van der Waals surface area contributed by atoms with Gasteiger partial charge < -0.3 is 0 Å². The molecule has 1 saturated carbocycles. The molecule has 2 aromatic carbocycles. The summed E-state index contributed by atoms with van der Waals surface area (Å²) in [5.41, 5.74) is 3.74. The molecule has 0 aliphatic heterocycles. The highest BCUT2D eigenvalue weighted by Crippen LogP contribution is 2.70. The third-order valence-electron chi connectivity index (χ3n) is 5.24. The number of nitrogens with two attached hydrogens (primary N) is 1. The van der Waals surface area contributed by atoms with Crippen LogP contribution < -0.4 is 5.14 Å². The van der Waals surface area contributed by atoms with E-state index in [0.29, 0.717) is 11.8 Å². The Hall–Kier alpha value is -1.30. The van der Waals surface area contributed by atoms with Crippen molar-refractivity contribution in [2.24, 2.45) is 16.5 Å². The van der Waals surface area contributed by atoms with Gasteiger partial charge in [-0.3, -0.25) is 0 Å². The number of hydrogen-bond acceptors (Lipinski definition) is 3. The number of sulfonamides is 1. The van der Waals surface area contributed by atoms with Gasteiger partial charge >= 0.3 is 0 Å². The molecule has 3 rings (SSSR count). The monoisotopic (exact) mass is 361 g/mol. The van der Waals surface area contributed by atoms with E-state index in [4.69, 9.17) is 17.8 Å². The van der Waals surface area contributed by atoms with Crippen molar-refractivity contribution in [1.29, 1.82) is 0 Å². The summed E-state index contributed by atoms with van der Waals surface area (Å²) in [7, 11) is -3.65. The molecule has 1 aliphatic carbocycles. The van der Waals surface area contributed by atoms with Crippen LogP contribution in [0.15, 0.2) is 53.4 Å². The van der Waals surface area contributed by atoms with Crippen LogP contribution in [0.4, 0.5) is 0 Å². The lowest BCUT2D eigenvalue weighted by Gasteiger charge is -2.13. The first-order valence-corrected chi connectivity index (χ1v) is 10.1. The number of thiol groups is 1. The van der Waals surface area contributed by atoms with Crippen LogP contribution in [0.3, 0.4) is 0 Å². The van der Waals surface area contributed by atoms with E-state index in [1.165, 1.54) is 11.1 Å². The summed E-state index contributed by atoms with van der Waals surface area (Å²) in [5, 5.41) is 5.33. The highest BCUT2D eigenvalue weighted by molar-refractivity contribution is 7.89. The number of hydrogen-bond donors (Lipinski definition) is 2. The molecule has 1 fully saturated rings. The molecule has 0 bridgehead atoms. The van der Waals surface area contributed by atoms with Crippen molar-refractivity contribution in [2.75, 3.05) is 0 Å². The minimum atomic E-state index is -3.65. The molecule has 2 aromatic rings. The Bertz CT molecular complexity index is 840. The lowest BCUT2D eigenvalue weighted by Crippen LogP contribution is -2.11. The van der Waals surface area contributed by atoms with Gasteiger partial charge in [0, 0.05) is 5.25 Å². The summed E-state index contributed by atoms with van der Waals surface area (Å²) < 4.78 is 22.8. The first-order valence-electron chi connectivity index (χ1n) is 8.00. The van der Waals surface area contributed by atoms with Gasteiger partial charge in [0.25, 0.3) is 0 Å². The zero-order valence-corrected chi connectivity index (χ0v) is 15.8. The Morgan fingerprint density at radius 3 is 2.08 bits per heavy atom. The van der Waals surface area contributed by atoms with E-state index < -0.39 is 10.0 Å². The molecule has 0 aromatic heterocycles. The van der Waals surface area contributed by atoms with E-state index in [-0.39, 0.29) is 15.6 Å².